The first kappa shape index (κ1) is 28.4. The van der Waals surface area contributed by atoms with E-state index in [1.54, 1.807) is 41.6 Å². The van der Waals surface area contributed by atoms with E-state index < -0.39 is 58.5 Å². The lowest BCUT2D eigenvalue weighted by Crippen LogP contribution is -2.55. The Balaban J connectivity index is 1.16. The van der Waals surface area contributed by atoms with Crippen molar-refractivity contribution < 1.29 is 38.2 Å². The Labute approximate surface area is 253 Å². The van der Waals surface area contributed by atoms with Gasteiger partial charge in [-0.15, -0.1) is 0 Å². The molecule has 12 heteroatoms. The molecule has 0 saturated carbocycles. The third-order valence-corrected chi connectivity index (χ3v) is 10.0. The van der Waals surface area contributed by atoms with Crippen molar-refractivity contribution in [2.24, 2.45) is 22.2 Å². The van der Waals surface area contributed by atoms with Crippen LogP contribution in [-0.4, -0.2) is 87.6 Å². The van der Waals surface area contributed by atoms with Crippen molar-refractivity contribution in [1.29, 1.82) is 0 Å². The Bertz CT molecular complexity index is 1660. The van der Waals surface area contributed by atoms with Crippen molar-refractivity contribution in [2.75, 3.05) is 19.6 Å². The highest BCUT2D eigenvalue weighted by molar-refractivity contribution is 5.99. The Morgan fingerprint density at radius 1 is 1.05 bits per heavy atom. The molecule has 4 saturated heterocycles. The van der Waals surface area contributed by atoms with Crippen molar-refractivity contribution in [3.05, 3.63) is 47.8 Å². The second-order valence-electron chi connectivity index (χ2n) is 13.5. The number of amides is 2. The maximum absolute atomic E-state index is 14.2. The zero-order valence-corrected chi connectivity index (χ0v) is 25.1. The summed E-state index contributed by atoms with van der Waals surface area (Å²) in [6, 6.07) is 5.27. The molecule has 5 atom stereocenters. The van der Waals surface area contributed by atoms with Crippen molar-refractivity contribution in [3.8, 4) is 0 Å². The van der Waals surface area contributed by atoms with Gasteiger partial charge >= 0.3 is 17.9 Å². The minimum Gasteiger partial charge on any atom is -0.457 e. The predicted molar refractivity (Wildman–Crippen MR) is 152 cm³/mol. The molecule has 2 amide bonds. The van der Waals surface area contributed by atoms with E-state index in [-0.39, 0.29) is 24.8 Å². The zero-order chi connectivity index (χ0) is 31.2. The first-order chi connectivity index (χ1) is 20.9. The van der Waals surface area contributed by atoms with Gasteiger partial charge in [-0.05, 0) is 54.0 Å². The molecule has 12 nitrogen and oxygen atoms in total. The number of likely N-dealkylation sites (tertiary alicyclic amines) is 2. The van der Waals surface area contributed by atoms with E-state index in [0.29, 0.717) is 48.1 Å². The summed E-state index contributed by atoms with van der Waals surface area (Å²) in [6.45, 7) is 8.30. The van der Waals surface area contributed by atoms with E-state index >= 15 is 0 Å². The highest BCUT2D eigenvalue weighted by Crippen LogP contribution is 2.72. The van der Waals surface area contributed by atoms with Gasteiger partial charge in [-0.2, -0.15) is 0 Å². The molecule has 0 unspecified atom stereocenters. The van der Waals surface area contributed by atoms with E-state index in [1.807, 2.05) is 20.8 Å². The molecule has 1 aromatic carbocycles. The Hall–Kier alpha value is -4.35. The molecule has 2 aromatic rings. The van der Waals surface area contributed by atoms with Gasteiger partial charge in [0, 0.05) is 44.5 Å². The monoisotopic (exact) mass is 602 g/mol. The minimum atomic E-state index is -1.50. The number of piperidine rings is 1. The molecule has 5 heterocycles. The molecule has 4 aliphatic heterocycles. The number of rotatable bonds is 4. The second kappa shape index (κ2) is 9.57. The summed E-state index contributed by atoms with van der Waals surface area (Å²) in [5.41, 5.74) is -0.867. The van der Waals surface area contributed by atoms with Gasteiger partial charge in [0.25, 0.3) is 11.8 Å². The van der Waals surface area contributed by atoms with Crippen molar-refractivity contribution in [2.45, 2.75) is 65.4 Å². The number of hydrogen-bond donors (Lipinski definition) is 0. The largest absolute Gasteiger partial charge is 0.457 e. The molecule has 2 spiro atoms. The summed E-state index contributed by atoms with van der Waals surface area (Å²) < 4.78 is 17.4. The van der Waals surface area contributed by atoms with Crippen LogP contribution in [0.5, 0.6) is 0 Å². The highest BCUT2D eigenvalue weighted by Gasteiger charge is 2.87. The third-order valence-electron chi connectivity index (χ3n) is 10.0. The molecule has 230 valence electrons. The van der Waals surface area contributed by atoms with Gasteiger partial charge in [-0.1, -0.05) is 20.8 Å². The normalized spacial score (nSPS) is 31.4. The predicted octanol–water partition coefficient (Wildman–Crippen LogP) is 2.41. The molecule has 1 aliphatic carbocycles. The molecule has 1 aromatic heterocycles. The summed E-state index contributed by atoms with van der Waals surface area (Å²) >= 11 is 0. The van der Waals surface area contributed by atoms with Gasteiger partial charge < -0.3 is 24.0 Å². The molecule has 0 N–H and O–H groups in total. The molecule has 4 fully saturated rings. The SMILES string of the molecule is CC(=O)O[C@H]1C(=O)N(CC2CCN(C(=O)c3ccc4nccnc4c3)CC2)[C@H]2OC(=O)[C@]34CC(=O)O[C@H]3C=C(C(C)(C)C)[C@@]214. The number of nitrogens with zero attached hydrogens (tertiary/aromatic N) is 4. The Morgan fingerprint density at radius 3 is 2.43 bits per heavy atom. The number of fused-ring (bicyclic) bond motifs is 1. The van der Waals surface area contributed by atoms with E-state index in [2.05, 4.69) is 9.97 Å². The smallest absolute Gasteiger partial charge is 0.320 e. The first-order valence-corrected chi connectivity index (χ1v) is 15.0. The second-order valence-corrected chi connectivity index (χ2v) is 13.5. The summed E-state index contributed by atoms with van der Waals surface area (Å²) in [6.07, 6.45) is 2.62. The van der Waals surface area contributed by atoms with Crippen molar-refractivity contribution >= 4 is 40.8 Å². The maximum atomic E-state index is 14.2. The fourth-order valence-electron chi connectivity index (χ4n) is 8.23. The van der Waals surface area contributed by atoms with Crippen LogP contribution >= 0.6 is 0 Å². The summed E-state index contributed by atoms with van der Waals surface area (Å²) in [5, 5.41) is 0. The summed E-state index contributed by atoms with van der Waals surface area (Å²) in [5.74, 6) is -2.40. The van der Waals surface area contributed by atoms with Crippen molar-refractivity contribution in [1.82, 2.24) is 19.8 Å². The fraction of sp³-hybridized carbons (Fsp3) is 0.531. The lowest BCUT2D eigenvalue weighted by Gasteiger charge is -2.43. The molecular formula is C32H34N4O8. The van der Waals surface area contributed by atoms with Crippen LogP contribution in [0.3, 0.4) is 0 Å². The van der Waals surface area contributed by atoms with Crippen LogP contribution in [0.1, 0.15) is 57.3 Å². The number of benzene rings is 1. The standard InChI is InChI=1S/C32H34N4O8/c1-17(37)42-25-27(40)36(28-32(25)22(30(2,3)4)14-23-31(32,29(41)44-28)15-24(38)43-23)16-18-7-11-35(12-8-18)26(39)19-5-6-20-21(13-19)34-10-9-33-20/h5-6,9-10,13-14,18,23,25,28H,7-8,11-12,15-16H2,1-4H3/t23-,25-,28-,31-,32-/m0/s1. The van der Waals surface area contributed by atoms with Gasteiger partial charge in [0.1, 0.15) is 16.9 Å². The lowest BCUT2D eigenvalue weighted by molar-refractivity contribution is -0.167. The topological polar surface area (TPSA) is 145 Å². The zero-order valence-electron chi connectivity index (χ0n) is 25.1. The van der Waals surface area contributed by atoms with Gasteiger partial charge in [-0.3, -0.25) is 33.9 Å². The summed E-state index contributed by atoms with van der Waals surface area (Å²) in [4.78, 5) is 78.2. The van der Waals surface area contributed by atoms with E-state index in [4.69, 9.17) is 14.2 Å². The van der Waals surface area contributed by atoms with Crippen molar-refractivity contribution in [3.63, 3.8) is 0 Å². The summed E-state index contributed by atoms with van der Waals surface area (Å²) in [7, 11) is 0. The Morgan fingerprint density at radius 2 is 1.75 bits per heavy atom. The van der Waals surface area contributed by atoms with Crippen LogP contribution in [0.4, 0.5) is 0 Å². The minimum absolute atomic E-state index is 0.00502. The molecule has 0 radical (unpaired) electrons. The van der Waals surface area contributed by atoms with Crippen LogP contribution in [-0.2, 0) is 33.4 Å². The maximum Gasteiger partial charge on any atom is 0.320 e. The average Bonchev–Trinajstić information content (AvgIpc) is 3.61. The Kier molecular flexibility index (Phi) is 6.18. The quantitative estimate of drug-likeness (QED) is 0.291. The number of ether oxygens (including phenoxy) is 3. The molecule has 5 aliphatic rings. The molecule has 44 heavy (non-hydrogen) atoms. The number of esters is 3. The van der Waals surface area contributed by atoms with Crippen LogP contribution in [0.2, 0.25) is 0 Å². The van der Waals surface area contributed by atoms with Crippen LogP contribution in [0.15, 0.2) is 42.2 Å². The number of carbonyl (C=O) groups excluding carboxylic acids is 5. The first-order valence-electron chi connectivity index (χ1n) is 15.0. The van der Waals surface area contributed by atoms with Gasteiger partial charge in [-0.25, -0.2) is 0 Å². The molecular weight excluding hydrogens is 568 g/mol. The van der Waals surface area contributed by atoms with E-state index in [0.717, 1.165) is 0 Å². The number of aromatic nitrogens is 2. The van der Waals surface area contributed by atoms with Gasteiger partial charge in [0.15, 0.2) is 12.3 Å². The average molecular weight is 603 g/mol. The van der Waals surface area contributed by atoms with Crippen LogP contribution in [0, 0.1) is 22.2 Å². The lowest BCUT2D eigenvalue weighted by atomic mass is 9.56. The number of carbonyl (C=O) groups is 5. The molecule has 0 bridgehead atoms. The van der Waals surface area contributed by atoms with Crippen LogP contribution in [0.25, 0.3) is 11.0 Å². The van der Waals surface area contributed by atoms with Gasteiger partial charge in [0.2, 0.25) is 0 Å². The molecule has 7 rings (SSSR count). The third kappa shape index (κ3) is 3.78. The van der Waals surface area contributed by atoms with Crippen LogP contribution < -0.4 is 0 Å². The number of hydrogen-bond acceptors (Lipinski definition) is 10. The highest BCUT2D eigenvalue weighted by atomic mass is 16.6. The van der Waals surface area contributed by atoms with Gasteiger partial charge in [0.05, 0.1) is 17.5 Å². The fourth-order valence-corrected chi connectivity index (χ4v) is 8.23. The van der Waals surface area contributed by atoms with E-state index in [9.17, 15) is 24.0 Å². The van der Waals surface area contributed by atoms with E-state index in [1.165, 1.54) is 11.8 Å².